The highest BCUT2D eigenvalue weighted by atomic mass is 16.5. The SMILES string of the molecule is Cc1ccc(C(=O)N2CCN(c3nc(C(C)C)no3)CC2)cc1. The van der Waals surface area contributed by atoms with Crippen LogP contribution in [0.4, 0.5) is 6.01 Å². The molecule has 0 radical (unpaired) electrons. The highest BCUT2D eigenvalue weighted by molar-refractivity contribution is 5.94. The van der Waals surface area contributed by atoms with Crippen LogP contribution < -0.4 is 4.90 Å². The van der Waals surface area contributed by atoms with Gasteiger partial charge in [-0.3, -0.25) is 4.79 Å². The third-order valence-corrected chi connectivity index (χ3v) is 4.08. The Morgan fingerprint density at radius 1 is 1.13 bits per heavy atom. The molecule has 1 aromatic heterocycles. The zero-order valence-corrected chi connectivity index (χ0v) is 13.8. The van der Waals surface area contributed by atoms with E-state index in [-0.39, 0.29) is 11.8 Å². The van der Waals surface area contributed by atoms with Gasteiger partial charge in [-0.1, -0.05) is 36.7 Å². The molecule has 0 N–H and O–H groups in total. The second kappa shape index (κ2) is 6.40. The highest BCUT2D eigenvalue weighted by Crippen LogP contribution is 2.18. The Balaban J connectivity index is 1.61. The minimum absolute atomic E-state index is 0.0815. The van der Waals surface area contributed by atoms with Crippen molar-refractivity contribution in [3.63, 3.8) is 0 Å². The van der Waals surface area contributed by atoms with Crippen LogP contribution in [0.2, 0.25) is 0 Å². The van der Waals surface area contributed by atoms with Crippen molar-refractivity contribution in [1.29, 1.82) is 0 Å². The van der Waals surface area contributed by atoms with Crippen LogP contribution in [-0.4, -0.2) is 47.1 Å². The van der Waals surface area contributed by atoms with Gasteiger partial charge < -0.3 is 14.3 Å². The molecule has 1 aliphatic rings. The van der Waals surface area contributed by atoms with Gasteiger partial charge in [-0.25, -0.2) is 0 Å². The second-order valence-corrected chi connectivity index (χ2v) is 6.24. The molecule has 0 aliphatic carbocycles. The fraction of sp³-hybridized carbons (Fsp3) is 0.471. The Morgan fingerprint density at radius 2 is 1.78 bits per heavy atom. The van der Waals surface area contributed by atoms with Crippen molar-refractivity contribution in [2.45, 2.75) is 26.7 Å². The molecule has 1 aliphatic heterocycles. The summed E-state index contributed by atoms with van der Waals surface area (Å²) in [5.74, 6) is 1.05. The van der Waals surface area contributed by atoms with Crippen molar-refractivity contribution in [2.75, 3.05) is 31.1 Å². The first-order valence-electron chi connectivity index (χ1n) is 7.99. The Morgan fingerprint density at radius 3 is 2.35 bits per heavy atom. The number of hydrogen-bond donors (Lipinski definition) is 0. The fourth-order valence-corrected chi connectivity index (χ4v) is 2.57. The summed E-state index contributed by atoms with van der Waals surface area (Å²) in [5.41, 5.74) is 1.90. The van der Waals surface area contributed by atoms with Gasteiger partial charge in [0, 0.05) is 37.7 Å². The lowest BCUT2D eigenvalue weighted by Crippen LogP contribution is -2.48. The minimum atomic E-state index is 0.0815. The van der Waals surface area contributed by atoms with Crippen LogP contribution in [0, 0.1) is 6.92 Å². The van der Waals surface area contributed by atoms with Crippen LogP contribution in [0.3, 0.4) is 0 Å². The molecule has 1 saturated heterocycles. The van der Waals surface area contributed by atoms with Gasteiger partial charge in [0.05, 0.1) is 0 Å². The maximum Gasteiger partial charge on any atom is 0.324 e. The molecule has 0 spiro atoms. The maximum atomic E-state index is 12.5. The number of carbonyl (C=O) groups excluding carboxylic acids is 1. The molecule has 1 amide bonds. The van der Waals surface area contributed by atoms with Gasteiger partial charge in [0.25, 0.3) is 5.91 Å². The number of rotatable bonds is 3. The number of carbonyl (C=O) groups is 1. The molecule has 6 nitrogen and oxygen atoms in total. The van der Waals surface area contributed by atoms with E-state index >= 15 is 0 Å². The Labute approximate surface area is 136 Å². The number of piperazine rings is 1. The topological polar surface area (TPSA) is 62.5 Å². The highest BCUT2D eigenvalue weighted by Gasteiger charge is 2.25. The van der Waals surface area contributed by atoms with E-state index in [0.29, 0.717) is 32.2 Å². The van der Waals surface area contributed by atoms with Gasteiger partial charge >= 0.3 is 6.01 Å². The zero-order chi connectivity index (χ0) is 16.4. The molecule has 2 heterocycles. The number of amides is 1. The van der Waals surface area contributed by atoms with Crippen molar-refractivity contribution in [3.8, 4) is 0 Å². The Bertz CT molecular complexity index is 670. The number of benzene rings is 1. The summed E-state index contributed by atoms with van der Waals surface area (Å²) >= 11 is 0. The quantitative estimate of drug-likeness (QED) is 0.871. The maximum absolute atomic E-state index is 12.5. The predicted molar refractivity (Wildman–Crippen MR) is 87.7 cm³/mol. The molecule has 1 fully saturated rings. The molecule has 1 aromatic carbocycles. The largest absolute Gasteiger partial charge is 0.335 e. The number of hydrogen-bond acceptors (Lipinski definition) is 5. The van der Waals surface area contributed by atoms with Gasteiger partial charge in [0.15, 0.2) is 5.82 Å². The van der Waals surface area contributed by atoms with E-state index in [4.69, 9.17) is 4.52 Å². The summed E-state index contributed by atoms with van der Waals surface area (Å²) in [7, 11) is 0. The van der Waals surface area contributed by atoms with Gasteiger partial charge in [-0.05, 0) is 19.1 Å². The minimum Gasteiger partial charge on any atom is -0.335 e. The molecule has 6 heteroatoms. The average molecular weight is 314 g/mol. The molecule has 3 rings (SSSR count). The number of nitrogens with zero attached hydrogens (tertiary/aromatic N) is 4. The monoisotopic (exact) mass is 314 g/mol. The van der Waals surface area contributed by atoms with Gasteiger partial charge in [-0.15, -0.1) is 0 Å². The summed E-state index contributed by atoms with van der Waals surface area (Å²) in [6.45, 7) is 8.81. The lowest BCUT2D eigenvalue weighted by molar-refractivity contribution is 0.0744. The van der Waals surface area contributed by atoms with E-state index in [1.807, 2.05) is 54.8 Å². The first-order chi connectivity index (χ1) is 11.0. The molecule has 0 atom stereocenters. The lowest BCUT2D eigenvalue weighted by atomic mass is 10.1. The van der Waals surface area contributed by atoms with Crippen molar-refractivity contribution in [3.05, 3.63) is 41.2 Å². The summed E-state index contributed by atoms with van der Waals surface area (Å²) in [4.78, 5) is 20.8. The van der Waals surface area contributed by atoms with E-state index in [1.54, 1.807) is 0 Å². The average Bonchev–Trinajstić information content (AvgIpc) is 3.05. The molecule has 122 valence electrons. The molecule has 2 aromatic rings. The normalized spacial score (nSPS) is 15.3. The zero-order valence-electron chi connectivity index (χ0n) is 13.8. The summed E-state index contributed by atoms with van der Waals surface area (Å²) in [5, 5.41) is 3.99. The molecule has 0 bridgehead atoms. The van der Waals surface area contributed by atoms with Crippen LogP contribution in [0.15, 0.2) is 28.8 Å². The van der Waals surface area contributed by atoms with E-state index in [0.717, 1.165) is 17.0 Å². The Kier molecular flexibility index (Phi) is 4.32. The van der Waals surface area contributed by atoms with Crippen molar-refractivity contribution >= 4 is 11.9 Å². The van der Waals surface area contributed by atoms with E-state index < -0.39 is 0 Å². The van der Waals surface area contributed by atoms with E-state index in [9.17, 15) is 4.79 Å². The first-order valence-corrected chi connectivity index (χ1v) is 7.99. The van der Waals surface area contributed by atoms with Crippen molar-refractivity contribution < 1.29 is 9.32 Å². The third-order valence-electron chi connectivity index (χ3n) is 4.08. The van der Waals surface area contributed by atoms with Crippen LogP contribution in [-0.2, 0) is 0 Å². The molecule has 0 saturated carbocycles. The third kappa shape index (κ3) is 3.36. The van der Waals surface area contributed by atoms with E-state index in [1.165, 1.54) is 0 Å². The molecule has 0 unspecified atom stereocenters. The summed E-state index contributed by atoms with van der Waals surface area (Å²) in [6, 6.07) is 8.26. The number of aromatic nitrogens is 2. The van der Waals surface area contributed by atoms with Gasteiger partial charge in [0.2, 0.25) is 0 Å². The fourth-order valence-electron chi connectivity index (χ4n) is 2.57. The summed E-state index contributed by atoms with van der Waals surface area (Å²) in [6.07, 6.45) is 0. The predicted octanol–water partition coefficient (Wildman–Crippen LogP) is 2.46. The Hall–Kier alpha value is -2.37. The van der Waals surface area contributed by atoms with Crippen molar-refractivity contribution in [2.24, 2.45) is 0 Å². The molecular weight excluding hydrogens is 292 g/mol. The molecule has 23 heavy (non-hydrogen) atoms. The van der Waals surface area contributed by atoms with E-state index in [2.05, 4.69) is 10.1 Å². The van der Waals surface area contributed by atoms with Gasteiger partial charge in [-0.2, -0.15) is 4.98 Å². The number of aryl methyl sites for hydroxylation is 1. The van der Waals surface area contributed by atoms with Crippen LogP contribution >= 0.6 is 0 Å². The van der Waals surface area contributed by atoms with Crippen LogP contribution in [0.25, 0.3) is 0 Å². The molecular formula is C17H22N4O2. The number of anilines is 1. The van der Waals surface area contributed by atoms with Gasteiger partial charge in [0.1, 0.15) is 0 Å². The lowest BCUT2D eigenvalue weighted by Gasteiger charge is -2.33. The smallest absolute Gasteiger partial charge is 0.324 e. The second-order valence-electron chi connectivity index (χ2n) is 6.24. The first kappa shape index (κ1) is 15.5. The van der Waals surface area contributed by atoms with Crippen molar-refractivity contribution in [1.82, 2.24) is 15.0 Å². The van der Waals surface area contributed by atoms with Crippen LogP contribution in [0.5, 0.6) is 0 Å². The summed E-state index contributed by atoms with van der Waals surface area (Å²) < 4.78 is 5.32. The van der Waals surface area contributed by atoms with Crippen LogP contribution in [0.1, 0.15) is 41.5 Å². The standard InChI is InChI=1S/C17H22N4O2/c1-12(2)15-18-17(23-19-15)21-10-8-20(9-11-21)16(22)14-6-4-13(3)5-7-14/h4-7,12H,8-11H2,1-3H3.